The predicted molar refractivity (Wildman–Crippen MR) is 76.1 cm³/mol. The maximum Gasteiger partial charge on any atom is 0.338 e. The predicted octanol–water partition coefficient (Wildman–Crippen LogP) is 3.61. The second kappa shape index (κ2) is 6.70. The second-order valence-electron chi connectivity index (χ2n) is 4.28. The molecule has 0 bridgehead atoms. The van der Waals surface area contributed by atoms with E-state index in [0.717, 1.165) is 11.3 Å². The Morgan fingerprint density at radius 3 is 2.35 bits per heavy atom. The molecule has 0 spiro atoms. The van der Waals surface area contributed by atoms with Crippen molar-refractivity contribution in [3.05, 3.63) is 65.5 Å². The van der Waals surface area contributed by atoms with Crippen LogP contribution in [0.4, 0.5) is 10.1 Å². The van der Waals surface area contributed by atoms with Crippen molar-refractivity contribution in [2.45, 2.75) is 13.5 Å². The van der Waals surface area contributed by atoms with Gasteiger partial charge in [0, 0.05) is 12.2 Å². The Labute approximate surface area is 117 Å². The number of benzene rings is 2. The Hall–Kier alpha value is -2.36. The number of carbonyl (C=O) groups is 1. The first kappa shape index (κ1) is 14.1. The van der Waals surface area contributed by atoms with Crippen LogP contribution in [0.2, 0.25) is 0 Å². The maximum absolute atomic E-state index is 12.8. The Morgan fingerprint density at radius 1 is 1.10 bits per heavy atom. The number of hydrogen-bond acceptors (Lipinski definition) is 3. The molecule has 2 rings (SSSR count). The van der Waals surface area contributed by atoms with Crippen molar-refractivity contribution >= 4 is 11.7 Å². The van der Waals surface area contributed by atoms with Gasteiger partial charge in [-0.3, -0.25) is 0 Å². The molecule has 4 heteroatoms. The van der Waals surface area contributed by atoms with Gasteiger partial charge in [0.25, 0.3) is 0 Å². The summed E-state index contributed by atoms with van der Waals surface area (Å²) >= 11 is 0. The van der Waals surface area contributed by atoms with E-state index in [4.69, 9.17) is 4.74 Å². The van der Waals surface area contributed by atoms with Crippen molar-refractivity contribution in [3.63, 3.8) is 0 Å². The third kappa shape index (κ3) is 3.82. The van der Waals surface area contributed by atoms with Gasteiger partial charge in [-0.25, -0.2) is 9.18 Å². The molecule has 0 saturated carbocycles. The number of hydrogen-bond donors (Lipinski definition) is 1. The number of rotatable bonds is 5. The summed E-state index contributed by atoms with van der Waals surface area (Å²) in [5.74, 6) is -0.565. The molecule has 104 valence electrons. The van der Waals surface area contributed by atoms with Gasteiger partial charge in [-0.15, -0.1) is 0 Å². The normalized spacial score (nSPS) is 10.1. The average molecular weight is 273 g/mol. The topological polar surface area (TPSA) is 38.3 Å². The van der Waals surface area contributed by atoms with Crippen LogP contribution in [0.15, 0.2) is 48.5 Å². The highest BCUT2D eigenvalue weighted by molar-refractivity contribution is 5.89. The third-order valence-electron chi connectivity index (χ3n) is 2.81. The van der Waals surface area contributed by atoms with Gasteiger partial charge in [0.1, 0.15) is 5.82 Å². The Kier molecular flexibility index (Phi) is 4.71. The van der Waals surface area contributed by atoms with Crippen molar-refractivity contribution in [3.8, 4) is 0 Å². The van der Waals surface area contributed by atoms with E-state index in [9.17, 15) is 9.18 Å². The zero-order valence-electron chi connectivity index (χ0n) is 11.2. The van der Waals surface area contributed by atoms with E-state index < -0.39 is 0 Å². The molecule has 0 amide bonds. The molecule has 1 N–H and O–H groups in total. The summed E-state index contributed by atoms with van der Waals surface area (Å²) in [6, 6.07) is 13.4. The van der Waals surface area contributed by atoms with Gasteiger partial charge < -0.3 is 10.1 Å². The quantitative estimate of drug-likeness (QED) is 0.846. The maximum atomic E-state index is 12.8. The zero-order valence-corrected chi connectivity index (χ0v) is 11.2. The first-order valence-corrected chi connectivity index (χ1v) is 6.44. The van der Waals surface area contributed by atoms with Crippen LogP contribution in [0.25, 0.3) is 0 Å². The summed E-state index contributed by atoms with van der Waals surface area (Å²) in [5.41, 5.74) is 2.41. The van der Waals surface area contributed by atoms with Crippen LogP contribution < -0.4 is 5.32 Å². The first-order chi connectivity index (χ1) is 9.69. The number of halogens is 1. The summed E-state index contributed by atoms with van der Waals surface area (Å²) in [5, 5.41) is 3.20. The number of carbonyl (C=O) groups excluding carboxylic acids is 1. The lowest BCUT2D eigenvalue weighted by Crippen LogP contribution is -2.05. The molecule has 0 unspecified atom stereocenters. The minimum Gasteiger partial charge on any atom is -0.462 e. The second-order valence-corrected chi connectivity index (χ2v) is 4.28. The van der Waals surface area contributed by atoms with E-state index in [-0.39, 0.29) is 11.8 Å². The van der Waals surface area contributed by atoms with Gasteiger partial charge in [0.05, 0.1) is 12.2 Å². The van der Waals surface area contributed by atoms with E-state index in [0.29, 0.717) is 18.7 Å². The summed E-state index contributed by atoms with van der Waals surface area (Å²) in [7, 11) is 0. The van der Waals surface area contributed by atoms with Crippen molar-refractivity contribution < 1.29 is 13.9 Å². The molecule has 0 saturated heterocycles. The Morgan fingerprint density at radius 2 is 1.75 bits per heavy atom. The minimum atomic E-state index is -0.322. The first-order valence-electron chi connectivity index (χ1n) is 6.44. The minimum absolute atomic E-state index is 0.243. The van der Waals surface area contributed by atoms with Gasteiger partial charge in [0.15, 0.2) is 0 Å². The fraction of sp³-hybridized carbons (Fsp3) is 0.188. The van der Waals surface area contributed by atoms with Crippen molar-refractivity contribution in [2.24, 2.45) is 0 Å². The van der Waals surface area contributed by atoms with Crippen LogP contribution in [-0.4, -0.2) is 12.6 Å². The van der Waals surface area contributed by atoms with Gasteiger partial charge in [-0.2, -0.15) is 0 Å². The van der Waals surface area contributed by atoms with Gasteiger partial charge in [-0.1, -0.05) is 12.1 Å². The fourth-order valence-corrected chi connectivity index (χ4v) is 1.74. The smallest absolute Gasteiger partial charge is 0.338 e. The van der Waals surface area contributed by atoms with Gasteiger partial charge in [-0.05, 0) is 48.9 Å². The summed E-state index contributed by atoms with van der Waals surface area (Å²) < 4.78 is 17.7. The van der Waals surface area contributed by atoms with Crippen LogP contribution in [0.5, 0.6) is 0 Å². The molecule has 0 aliphatic rings. The lowest BCUT2D eigenvalue weighted by atomic mass is 10.2. The lowest BCUT2D eigenvalue weighted by Gasteiger charge is -2.07. The Balaban J connectivity index is 1.93. The molecular weight excluding hydrogens is 257 g/mol. The Bertz CT molecular complexity index is 564. The van der Waals surface area contributed by atoms with E-state index >= 15 is 0 Å². The molecule has 0 atom stereocenters. The lowest BCUT2D eigenvalue weighted by molar-refractivity contribution is 0.0526. The monoisotopic (exact) mass is 273 g/mol. The van der Waals surface area contributed by atoms with Crippen LogP contribution in [0.3, 0.4) is 0 Å². The molecule has 0 radical (unpaired) electrons. The molecule has 0 aromatic heterocycles. The molecule has 2 aromatic carbocycles. The van der Waals surface area contributed by atoms with Crippen LogP contribution in [-0.2, 0) is 11.3 Å². The van der Waals surface area contributed by atoms with Gasteiger partial charge in [0.2, 0.25) is 0 Å². The number of nitrogens with one attached hydrogen (secondary N) is 1. The van der Waals surface area contributed by atoms with Crippen LogP contribution in [0, 0.1) is 5.82 Å². The van der Waals surface area contributed by atoms with Gasteiger partial charge >= 0.3 is 5.97 Å². The van der Waals surface area contributed by atoms with Crippen molar-refractivity contribution in [1.82, 2.24) is 0 Å². The van der Waals surface area contributed by atoms with Crippen LogP contribution >= 0.6 is 0 Å². The highest BCUT2D eigenvalue weighted by Gasteiger charge is 2.05. The number of ether oxygens (including phenoxy) is 1. The summed E-state index contributed by atoms with van der Waals surface area (Å²) in [4.78, 5) is 11.5. The van der Waals surface area contributed by atoms with E-state index in [1.165, 1.54) is 12.1 Å². The van der Waals surface area contributed by atoms with Crippen molar-refractivity contribution in [2.75, 3.05) is 11.9 Å². The van der Waals surface area contributed by atoms with Crippen molar-refractivity contribution in [1.29, 1.82) is 0 Å². The molecular formula is C16H16FNO2. The summed E-state index contributed by atoms with van der Waals surface area (Å²) in [6.07, 6.45) is 0. The molecule has 20 heavy (non-hydrogen) atoms. The van der Waals surface area contributed by atoms with E-state index in [2.05, 4.69) is 5.32 Å². The fourth-order valence-electron chi connectivity index (χ4n) is 1.74. The number of anilines is 1. The molecule has 0 aliphatic carbocycles. The third-order valence-corrected chi connectivity index (χ3v) is 2.81. The molecule has 3 nitrogen and oxygen atoms in total. The summed E-state index contributed by atoms with van der Waals surface area (Å²) in [6.45, 7) is 2.74. The van der Waals surface area contributed by atoms with Crippen LogP contribution in [0.1, 0.15) is 22.8 Å². The number of esters is 1. The molecule has 0 fully saturated rings. The SMILES string of the molecule is CCOC(=O)c1ccc(NCc2ccc(F)cc2)cc1. The highest BCUT2D eigenvalue weighted by atomic mass is 19.1. The standard InChI is InChI=1S/C16H16FNO2/c1-2-20-16(19)13-5-9-15(10-6-13)18-11-12-3-7-14(17)8-4-12/h3-10,18H,2,11H2,1H3. The van der Waals surface area contributed by atoms with E-state index in [1.807, 2.05) is 12.1 Å². The highest BCUT2D eigenvalue weighted by Crippen LogP contribution is 2.12. The molecule has 2 aromatic rings. The largest absolute Gasteiger partial charge is 0.462 e. The molecule has 0 heterocycles. The molecule has 0 aliphatic heterocycles. The average Bonchev–Trinajstić information content (AvgIpc) is 2.47. The zero-order chi connectivity index (χ0) is 14.4. The van der Waals surface area contributed by atoms with E-state index in [1.54, 1.807) is 31.2 Å².